The molecule has 2 unspecified atom stereocenters. The van der Waals surface area contributed by atoms with E-state index in [1.807, 2.05) is 36.4 Å². The number of fused-ring (bicyclic) bond motifs is 1. The maximum Gasteiger partial charge on any atom is 0.330 e. The summed E-state index contributed by atoms with van der Waals surface area (Å²) in [6, 6.07) is 9.92. The van der Waals surface area contributed by atoms with Gasteiger partial charge in [0.15, 0.2) is 0 Å². The van der Waals surface area contributed by atoms with Crippen molar-refractivity contribution in [2.24, 2.45) is 23.2 Å². The van der Waals surface area contributed by atoms with Crippen molar-refractivity contribution < 1.29 is 9.53 Å². The van der Waals surface area contributed by atoms with Crippen LogP contribution in [-0.4, -0.2) is 12.6 Å². The van der Waals surface area contributed by atoms with Crippen LogP contribution in [0.2, 0.25) is 0 Å². The highest BCUT2D eigenvalue weighted by atomic mass is 16.5. The van der Waals surface area contributed by atoms with Gasteiger partial charge in [-0.2, -0.15) is 0 Å². The second-order valence-electron chi connectivity index (χ2n) is 8.10. The summed E-state index contributed by atoms with van der Waals surface area (Å²) in [6.07, 6.45) is 12.9. The van der Waals surface area contributed by atoms with E-state index in [4.69, 9.17) is 4.74 Å². The van der Waals surface area contributed by atoms with Gasteiger partial charge >= 0.3 is 5.97 Å². The average Bonchev–Trinajstić information content (AvgIpc) is 2.76. The van der Waals surface area contributed by atoms with Crippen molar-refractivity contribution in [3.05, 3.63) is 42.0 Å². The first-order valence-electron chi connectivity index (χ1n) is 9.11. The van der Waals surface area contributed by atoms with Gasteiger partial charge in [0.05, 0.1) is 6.61 Å². The van der Waals surface area contributed by atoms with Crippen LogP contribution in [-0.2, 0) is 9.53 Å². The zero-order valence-electron chi connectivity index (χ0n) is 13.7. The maximum absolute atomic E-state index is 12.1. The molecule has 0 aromatic heterocycles. The first kappa shape index (κ1) is 15.0. The van der Waals surface area contributed by atoms with Crippen LogP contribution < -0.4 is 0 Å². The van der Waals surface area contributed by atoms with Gasteiger partial charge < -0.3 is 4.74 Å². The molecule has 0 N–H and O–H groups in total. The number of esters is 1. The van der Waals surface area contributed by atoms with Crippen LogP contribution in [0.5, 0.6) is 0 Å². The summed E-state index contributed by atoms with van der Waals surface area (Å²) in [5.74, 6) is 2.56. The summed E-state index contributed by atoms with van der Waals surface area (Å²) in [5.41, 5.74) is 1.32. The molecule has 4 fully saturated rings. The lowest BCUT2D eigenvalue weighted by Gasteiger charge is -2.44. The molecule has 2 nitrogen and oxygen atoms in total. The van der Waals surface area contributed by atoms with E-state index >= 15 is 0 Å². The van der Waals surface area contributed by atoms with Gasteiger partial charge in [-0.1, -0.05) is 30.3 Å². The number of carbonyl (C=O) groups excluding carboxylic acids is 1. The fourth-order valence-electron chi connectivity index (χ4n) is 5.49. The van der Waals surface area contributed by atoms with E-state index in [1.54, 1.807) is 6.08 Å². The number of benzene rings is 1. The fraction of sp³-hybridized carbons (Fsp3) is 0.571. The van der Waals surface area contributed by atoms with Crippen molar-refractivity contribution in [2.45, 2.75) is 44.9 Å². The number of rotatable bonds is 4. The molecule has 4 aliphatic rings. The van der Waals surface area contributed by atoms with Crippen LogP contribution >= 0.6 is 0 Å². The molecule has 0 aliphatic heterocycles. The molecule has 5 rings (SSSR count). The molecule has 1 aromatic carbocycles. The molecule has 0 spiro atoms. The SMILES string of the molecule is O=C(/C=C/c1ccccc1)OCC12CCC3C[C@H](C[C@H](C3)C1)C2. The highest BCUT2D eigenvalue weighted by Crippen LogP contribution is 2.57. The normalized spacial score (nSPS) is 35.4. The van der Waals surface area contributed by atoms with Crippen LogP contribution in [0.25, 0.3) is 6.08 Å². The van der Waals surface area contributed by atoms with E-state index < -0.39 is 0 Å². The second kappa shape index (κ2) is 6.14. The van der Waals surface area contributed by atoms with Crippen molar-refractivity contribution >= 4 is 12.0 Å². The Labute approximate surface area is 138 Å². The van der Waals surface area contributed by atoms with Gasteiger partial charge in [-0.25, -0.2) is 4.79 Å². The summed E-state index contributed by atoms with van der Waals surface area (Å²) in [6.45, 7) is 0.630. The smallest absolute Gasteiger partial charge is 0.330 e. The molecule has 4 saturated carbocycles. The van der Waals surface area contributed by atoms with Gasteiger partial charge in [-0.15, -0.1) is 0 Å². The molecule has 4 bridgehead atoms. The van der Waals surface area contributed by atoms with Crippen molar-refractivity contribution in [1.29, 1.82) is 0 Å². The van der Waals surface area contributed by atoms with Crippen molar-refractivity contribution in [3.8, 4) is 0 Å². The van der Waals surface area contributed by atoms with E-state index in [9.17, 15) is 4.79 Å². The lowest BCUT2D eigenvalue weighted by atomic mass is 9.62. The first-order chi connectivity index (χ1) is 11.2. The quantitative estimate of drug-likeness (QED) is 0.587. The Kier molecular flexibility index (Phi) is 4.00. The molecular formula is C21H26O2. The number of hydrogen-bond donors (Lipinski definition) is 0. The van der Waals surface area contributed by atoms with Gasteiger partial charge in [0.1, 0.15) is 0 Å². The third-order valence-corrected chi connectivity index (χ3v) is 6.26. The predicted molar refractivity (Wildman–Crippen MR) is 91.7 cm³/mol. The Hall–Kier alpha value is -1.57. The van der Waals surface area contributed by atoms with E-state index in [0.29, 0.717) is 6.61 Å². The van der Waals surface area contributed by atoms with Gasteiger partial charge in [0, 0.05) is 11.5 Å². The number of carbonyl (C=O) groups is 1. The minimum atomic E-state index is -0.193. The molecule has 2 heteroatoms. The van der Waals surface area contributed by atoms with Crippen LogP contribution in [0.15, 0.2) is 36.4 Å². The standard InChI is InChI=1S/C21H26O2/c22-20(7-6-16-4-2-1-3-5-16)23-15-21-9-8-17-10-18(13-21)12-19(11-17)14-21/h1-7,17-19H,8-15H2/b7-6+/t17?,18-,19+,21?. The Balaban J connectivity index is 1.37. The topological polar surface area (TPSA) is 26.3 Å². The van der Waals surface area contributed by atoms with Crippen molar-refractivity contribution in [2.75, 3.05) is 6.61 Å². The summed E-state index contributed by atoms with van der Waals surface area (Å²) < 4.78 is 5.68. The number of hydrogen-bond acceptors (Lipinski definition) is 2. The van der Waals surface area contributed by atoms with Gasteiger partial charge in [0.2, 0.25) is 0 Å². The Bertz CT molecular complexity index is 575. The molecule has 4 aliphatic carbocycles. The Morgan fingerprint density at radius 3 is 2.52 bits per heavy atom. The van der Waals surface area contributed by atoms with Gasteiger partial charge in [-0.3, -0.25) is 0 Å². The molecular weight excluding hydrogens is 284 g/mol. The Morgan fingerprint density at radius 2 is 1.78 bits per heavy atom. The summed E-state index contributed by atoms with van der Waals surface area (Å²) >= 11 is 0. The summed E-state index contributed by atoms with van der Waals surface area (Å²) in [7, 11) is 0. The summed E-state index contributed by atoms with van der Waals surface area (Å²) in [5, 5.41) is 0. The van der Waals surface area contributed by atoms with Gasteiger partial charge in [-0.05, 0) is 74.3 Å². The fourth-order valence-corrected chi connectivity index (χ4v) is 5.49. The van der Waals surface area contributed by atoms with Crippen LogP contribution in [0.3, 0.4) is 0 Å². The molecule has 0 amide bonds. The summed E-state index contributed by atoms with van der Waals surface area (Å²) in [4.78, 5) is 12.1. The third-order valence-electron chi connectivity index (χ3n) is 6.26. The first-order valence-corrected chi connectivity index (χ1v) is 9.11. The molecule has 4 atom stereocenters. The predicted octanol–water partition coefficient (Wildman–Crippen LogP) is 4.85. The van der Waals surface area contributed by atoms with Crippen LogP contribution in [0.4, 0.5) is 0 Å². The highest BCUT2D eigenvalue weighted by molar-refractivity contribution is 5.87. The zero-order valence-corrected chi connectivity index (χ0v) is 13.7. The maximum atomic E-state index is 12.1. The van der Waals surface area contributed by atoms with Crippen LogP contribution in [0, 0.1) is 23.2 Å². The Morgan fingerprint density at radius 1 is 1.09 bits per heavy atom. The van der Waals surface area contributed by atoms with E-state index in [1.165, 1.54) is 44.9 Å². The van der Waals surface area contributed by atoms with Gasteiger partial charge in [0.25, 0.3) is 0 Å². The average molecular weight is 310 g/mol. The second-order valence-corrected chi connectivity index (χ2v) is 8.10. The molecule has 1 aromatic rings. The van der Waals surface area contributed by atoms with E-state index in [0.717, 1.165) is 23.3 Å². The highest BCUT2D eigenvalue weighted by Gasteiger charge is 2.48. The monoisotopic (exact) mass is 310 g/mol. The third kappa shape index (κ3) is 3.36. The minimum Gasteiger partial charge on any atom is -0.462 e. The molecule has 23 heavy (non-hydrogen) atoms. The lowest BCUT2D eigenvalue weighted by molar-refractivity contribution is -0.143. The molecule has 122 valence electrons. The van der Waals surface area contributed by atoms with Crippen molar-refractivity contribution in [1.82, 2.24) is 0 Å². The minimum absolute atomic E-state index is 0.193. The zero-order chi connectivity index (χ0) is 15.7. The number of ether oxygens (including phenoxy) is 1. The molecule has 0 heterocycles. The lowest BCUT2D eigenvalue weighted by Crippen LogP contribution is -2.37. The molecule has 0 radical (unpaired) electrons. The van der Waals surface area contributed by atoms with E-state index in [-0.39, 0.29) is 11.4 Å². The van der Waals surface area contributed by atoms with Crippen molar-refractivity contribution in [3.63, 3.8) is 0 Å². The largest absolute Gasteiger partial charge is 0.462 e. The van der Waals surface area contributed by atoms with E-state index in [2.05, 4.69) is 0 Å². The van der Waals surface area contributed by atoms with Crippen LogP contribution in [0.1, 0.15) is 50.5 Å². The molecule has 0 saturated heterocycles.